The predicted octanol–water partition coefficient (Wildman–Crippen LogP) is 2.18. The van der Waals surface area contributed by atoms with Crippen molar-refractivity contribution in [3.8, 4) is 5.75 Å². The Morgan fingerprint density at radius 1 is 1.32 bits per heavy atom. The van der Waals surface area contributed by atoms with Crippen LogP contribution in [-0.4, -0.2) is 49.3 Å². The quantitative estimate of drug-likeness (QED) is 0.486. The zero-order chi connectivity index (χ0) is 15.5. The van der Waals surface area contributed by atoms with Gasteiger partial charge in [0.05, 0.1) is 25.2 Å². The summed E-state index contributed by atoms with van der Waals surface area (Å²) in [6, 6.07) is 3.67. The summed E-state index contributed by atoms with van der Waals surface area (Å²) in [4.78, 5) is 13.6. The molecule has 1 aliphatic carbocycles. The molecule has 0 bridgehead atoms. The van der Waals surface area contributed by atoms with E-state index in [4.69, 9.17) is 9.47 Å². The fraction of sp³-hybridized carbons (Fsp3) is 0.625. The zero-order valence-electron chi connectivity index (χ0n) is 12.9. The molecule has 1 aromatic rings. The van der Waals surface area contributed by atoms with Crippen molar-refractivity contribution in [3.63, 3.8) is 0 Å². The third-order valence-electron chi connectivity index (χ3n) is 4.75. The van der Waals surface area contributed by atoms with Gasteiger partial charge in [0, 0.05) is 36.3 Å². The van der Waals surface area contributed by atoms with E-state index < -0.39 is 0 Å². The minimum absolute atomic E-state index is 0.232. The summed E-state index contributed by atoms with van der Waals surface area (Å²) in [7, 11) is 1.63. The molecule has 1 fully saturated rings. The maximum absolute atomic E-state index is 11.4. The first-order chi connectivity index (χ1) is 10.7. The number of methoxy groups -OCH3 is 1. The maximum Gasteiger partial charge on any atom is 0.273 e. The number of ether oxygens (including phenoxy) is 2. The summed E-state index contributed by atoms with van der Waals surface area (Å²) in [6.07, 6.45) is 3.67. The Labute approximate surface area is 130 Å². The van der Waals surface area contributed by atoms with Crippen molar-refractivity contribution in [2.24, 2.45) is 0 Å². The van der Waals surface area contributed by atoms with Crippen LogP contribution in [0.3, 0.4) is 0 Å². The van der Waals surface area contributed by atoms with E-state index in [1.807, 2.05) is 0 Å². The molecule has 3 rings (SSSR count). The highest BCUT2D eigenvalue weighted by Gasteiger charge is 2.30. The second kappa shape index (κ2) is 6.62. The van der Waals surface area contributed by atoms with Crippen molar-refractivity contribution in [1.29, 1.82) is 0 Å². The van der Waals surface area contributed by atoms with Crippen molar-refractivity contribution in [1.82, 2.24) is 4.90 Å². The topological polar surface area (TPSA) is 64.8 Å². The third-order valence-corrected chi connectivity index (χ3v) is 4.75. The van der Waals surface area contributed by atoms with Gasteiger partial charge in [-0.05, 0) is 31.7 Å². The normalized spacial score (nSPS) is 22.7. The van der Waals surface area contributed by atoms with Gasteiger partial charge in [0.2, 0.25) is 0 Å². The number of nitro benzene ring substituents is 1. The molecule has 6 nitrogen and oxygen atoms in total. The van der Waals surface area contributed by atoms with Crippen LogP contribution in [0.2, 0.25) is 0 Å². The summed E-state index contributed by atoms with van der Waals surface area (Å²) in [5.41, 5.74) is 2.11. The van der Waals surface area contributed by atoms with Crippen LogP contribution in [0.4, 0.5) is 5.69 Å². The monoisotopic (exact) mass is 306 g/mol. The Morgan fingerprint density at radius 2 is 2.09 bits per heavy atom. The Hall–Kier alpha value is -1.66. The molecule has 1 saturated heterocycles. The minimum Gasteiger partial charge on any atom is -0.496 e. The maximum atomic E-state index is 11.4. The van der Waals surface area contributed by atoms with E-state index >= 15 is 0 Å². The van der Waals surface area contributed by atoms with Crippen LogP contribution in [0, 0.1) is 10.1 Å². The number of hydrogen-bond donors (Lipinski definition) is 0. The first kappa shape index (κ1) is 15.2. The molecular formula is C16H22N2O4. The first-order valence-electron chi connectivity index (χ1n) is 7.85. The Bertz CT molecular complexity index is 555. The molecule has 1 aromatic carbocycles. The summed E-state index contributed by atoms with van der Waals surface area (Å²) in [5.74, 6) is 0.781. The molecule has 0 radical (unpaired) electrons. The number of fused-ring (bicyclic) bond motifs is 1. The van der Waals surface area contributed by atoms with Crippen LogP contribution in [0.15, 0.2) is 12.1 Å². The van der Waals surface area contributed by atoms with Crippen LogP contribution in [0.5, 0.6) is 5.75 Å². The largest absolute Gasteiger partial charge is 0.496 e. The number of rotatable bonds is 3. The molecule has 0 N–H and O–H groups in total. The van der Waals surface area contributed by atoms with Gasteiger partial charge in [-0.3, -0.25) is 15.0 Å². The lowest BCUT2D eigenvalue weighted by atomic mass is 9.98. The molecule has 0 spiro atoms. The molecule has 120 valence electrons. The first-order valence-corrected chi connectivity index (χ1v) is 7.85. The summed E-state index contributed by atoms with van der Waals surface area (Å²) in [6.45, 7) is 3.34. The average Bonchev–Trinajstić information content (AvgIpc) is 2.77. The summed E-state index contributed by atoms with van der Waals surface area (Å²) >= 11 is 0. The number of hydrogen-bond acceptors (Lipinski definition) is 5. The lowest BCUT2D eigenvalue weighted by Crippen LogP contribution is -2.44. The van der Waals surface area contributed by atoms with Gasteiger partial charge in [0.25, 0.3) is 5.69 Å². The van der Waals surface area contributed by atoms with Gasteiger partial charge in [-0.15, -0.1) is 0 Å². The molecular weight excluding hydrogens is 284 g/mol. The van der Waals surface area contributed by atoms with Crippen molar-refractivity contribution in [3.05, 3.63) is 33.4 Å². The van der Waals surface area contributed by atoms with Gasteiger partial charge < -0.3 is 9.47 Å². The number of nitro groups is 1. The minimum atomic E-state index is -0.264. The highest BCUT2D eigenvalue weighted by Crippen LogP contribution is 2.36. The van der Waals surface area contributed by atoms with Crippen molar-refractivity contribution in [2.45, 2.75) is 31.7 Å². The fourth-order valence-corrected chi connectivity index (χ4v) is 3.63. The van der Waals surface area contributed by atoms with Crippen molar-refractivity contribution >= 4 is 5.69 Å². The van der Waals surface area contributed by atoms with Gasteiger partial charge in [-0.1, -0.05) is 0 Å². The molecule has 6 heteroatoms. The Kier molecular flexibility index (Phi) is 4.59. The van der Waals surface area contributed by atoms with Gasteiger partial charge in [-0.2, -0.15) is 0 Å². The zero-order valence-corrected chi connectivity index (χ0v) is 12.9. The average molecular weight is 306 g/mol. The molecule has 1 atom stereocenters. The second-order valence-electron chi connectivity index (χ2n) is 5.90. The Balaban J connectivity index is 1.94. The van der Waals surface area contributed by atoms with Crippen molar-refractivity contribution < 1.29 is 14.4 Å². The second-order valence-corrected chi connectivity index (χ2v) is 5.90. The SMILES string of the molecule is COc1ccc([N+](=O)[O-])c2c1CCCC(N1CCOCC1)C2. The molecule has 1 aliphatic heterocycles. The number of nitrogens with zero attached hydrogens (tertiary/aromatic N) is 2. The van der Waals surface area contributed by atoms with Gasteiger partial charge in [-0.25, -0.2) is 0 Å². The van der Waals surface area contributed by atoms with Crippen LogP contribution >= 0.6 is 0 Å². The fourth-order valence-electron chi connectivity index (χ4n) is 3.63. The van der Waals surface area contributed by atoms with E-state index in [9.17, 15) is 10.1 Å². The third kappa shape index (κ3) is 2.94. The highest BCUT2D eigenvalue weighted by molar-refractivity contribution is 5.53. The molecule has 0 amide bonds. The molecule has 1 unspecified atom stereocenters. The van der Waals surface area contributed by atoms with Crippen LogP contribution in [0.1, 0.15) is 24.0 Å². The van der Waals surface area contributed by atoms with Crippen LogP contribution in [0.25, 0.3) is 0 Å². The summed E-state index contributed by atoms with van der Waals surface area (Å²) < 4.78 is 10.8. The van der Waals surface area contributed by atoms with Crippen LogP contribution < -0.4 is 4.74 Å². The van der Waals surface area contributed by atoms with E-state index in [0.29, 0.717) is 6.04 Å². The predicted molar refractivity (Wildman–Crippen MR) is 82.5 cm³/mol. The molecule has 0 aromatic heterocycles. The lowest BCUT2D eigenvalue weighted by Gasteiger charge is -2.34. The molecule has 2 aliphatic rings. The van der Waals surface area contributed by atoms with E-state index in [1.54, 1.807) is 19.2 Å². The van der Waals surface area contributed by atoms with Gasteiger partial charge in [0.15, 0.2) is 0 Å². The standard InChI is InChI=1S/C16H22N2O4/c1-21-16-6-5-15(18(19)20)14-11-12(3-2-4-13(14)16)17-7-9-22-10-8-17/h5-6,12H,2-4,7-11H2,1H3. The Morgan fingerprint density at radius 3 is 2.77 bits per heavy atom. The number of benzene rings is 1. The van der Waals surface area contributed by atoms with E-state index in [0.717, 1.165) is 68.9 Å². The van der Waals surface area contributed by atoms with E-state index in [-0.39, 0.29) is 10.6 Å². The van der Waals surface area contributed by atoms with Crippen molar-refractivity contribution in [2.75, 3.05) is 33.4 Å². The van der Waals surface area contributed by atoms with Gasteiger partial charge >= 0.3 is 0 Å². The van der Waals surface area contributed by atoms with E-state index in [2.05, 4.69) is 4.90 Å². The lowest BCUT2D eigenvalue weighted by molar-refractivity contribution is -0.385. The van der Waals surface area contributed by atoms with Crippen LogP contribution in [-0.2, 0) is 17.6 Å². The highest BCUT2D eigenvalue weighted by atomic mass is 16.6. The van der Waals surface area contributed by atoms with E-state index in [1.165, 1.54) is 0 Å². The van der Waals surface area contributed by atoms with Gasteiger partial charge in [0.1, 0.15) is 5.75 Å². The summed E-state index contributed by atoms with van der Waals surface area (Å²) in [5, 5.41) is 11.4. The number of morpholine rings is 1. The molecule has 1 heterocycles. The smallest absolute Gasteiger partial charge is 0.273 e. The molecule has 0 saturated carbocycles. The molecule has 22 heavy (non-hydrogen) atoms.